The Bertz CT molecular complexity index is 452. The number of aryl methyl sites for hydroxylation is 1. The summed E-state index contributed by atoms with van der Waals surface area (Å²) in [7, 11) is 1.62. The molecule has 2 unspecified atom stereocenters. The number of ether oxygens (including phenoxy) is 1. The molecule has 2 atom stereocenters. The minimum Gasteiger partial charge on any atom is -0.383 e. The maximum Gasteiger partial charge on any atom is 0.223 e. The van der Waals surface area contributed by atoms with Crippen molar-refractivity contribution >= 4 is 5.91 Å². The van der Waals surface area contributed by atoms with Crippen molar-refractivity contribution in [3.05, 3.63) is 23.8 Å². The Labute approximate surface area is 113 Å². The van der Waals surface area contributed by atoms with E-state index in [-0.39, 0.29) is 18.0 Å². The summed E-state index contributed by atoms with van der Waals surface area (Å²) in [6, 6.07) is 1.55. The van der Waals surface area contributed by atoms with Crippen molar-refractivity contribution in [2.45, 2.75) is 31.8 Å². The number of amides is 1. The summed E-state index contributed by atoms with van der Waals surface area (Å²) in [5.74, 6) is 0.800. The van der Waals surface area contributed by atoms with Crippen LogP contribution in [0.2, 0.25) is 0 Å². The Kier molecular flexibility index (Phi) is 4.44. The van der Waals surface area contributed by atoms with E-state index in [4.69, 9.17) is 10.5 Å². The number of aromatic nitrogens is 2. The normalized spacial score (nSPS) is 23.7. The molecule has 1 aromatic rings. The van der Waals surface area contributed by atoms with Gasteiger partial charge < -0.3 is 15.4 Å². The zero-order chi connectivity index (χ0) is 13.8. The summed E-state index contributed by atoms with van der Waals surface area (Å²) < 4.78 is 5.07. The van der Waals surface area contributed by atoms with Gasteiger partial charge in [0.25, 0.3) is 0 Å². The highest BCUT2D eigenvalue weighted by atomic mass is 16.5. The number of hydrogen-bond donors (Lipinski definition) is 1. The van der Waals surface area contributed by atoms with Gasteiger partial charge in [-0.15, -0.1) is 0 Å². The zero-order valence-electron chi connectivity index (χ0n) is 11.4. The van der Waals surface area contributed by atoms with Gasteiger partial charge in [-0.2, -0.15) is 0 Å². The maximum atomic E-state index is 12.1. The van der Waals surface area contributed by atoms with Gasteiger partial charge >= 0.3 is 0 Å². The lowest BCUT2D eigenvalue weighted by molar-refractivity contribution is -0.138. The summed E-state index contributed by atoms with van der Waals surface area (Å²) in [5, 5.41) is 0. The van der Waals surface area contributed by atoms with Crippen LogP contribution >= 0.6 is 0 Å². The van der Waals surface area contributed by atoms with Crippen LogP contribution in [-0.2, 0) is 9.53 Å². The first-order valence-electron chi connectivity index (χ1n) is 6.47. The topological polar surface area (TPSA) is 81.3 Å². The standard InChI is InChI=1S/C13H20N4O2/c1-9-15-6-5-11(16-9)13-10(14)3-4-12(18)17(13)7-8-19-2/h5-6,10,13H,3-4,7-8,14H2,1-2H3. The minimum atomic E-state index is -0.182. The SMILES string of the molecule is COCCN1C(=O)CCC(N)C1c1ccnc(C)n1. The predicted octanol–water partition coefficient (Wildman–Crippen LogP) is 0.422. The molecular formula is C13H20N4O2. The van der Waals surface area contributed by atoms with E-state index in [0.29, 0.717) is 31.8 Å². The second-order valence-electron chi connectivity index (χ2n) is 4.76. The van der Waals surface area contributed by atoms with Crippen LogP contribution in [-0.4, -0.2) is 47.1 Å². The summed E-state index contributed by atoms with van der Waals surface area (Å²) in [6.07, 6.45) is 2.89. The summed E-state index contributed by atoms with van der Waals surface area (Å²) in [4.78, 5) is 22.4. The molecule has 1 aromatic heterocycles. The first-order chi connectivity index (χ1) is 9.13. The first-order valence-corrected chi connectivity index (χ1v) is 6.47. The van der Waals surface area contributed by atoms with E-state index < -0.39 is 0 Å². The van der Waals surface area contributed by atoms with E-state index in [0.717, 1.165) is 5.69 Å². The van der Waals surface area contributed by atoms with Gasteiger partial charge in [-0.25, -0.2) is 9.97 Å². The number of carbonyl (C=O) groups is 1. The Morgan fingerprint density at radius 1 is 1.58 bits per heavy atom. The van der Waals surface area contributed by atoms with Gasteiger partial charge in [0.2, 0.25) is 5.91 Å². The Hall–Kier alpha value is -1.53. The fourth-order valence-electron chi connectivity index (χ4n) is 2.45. The lowest BCUT2D eigenvalue weighted by Gasteiger charge is -2.39. The second kappa shape index (κ2) is 6.08. The third-order valence-electron chi connectivity index (χ3n) is 3.39. The molecule has 2 rings (SSSR count). The molecule has 1 aliphatic rings. The predicted molar refractivity (Wildman–Crippen MR) is 70.3 cm³/mol. The molecule has 2 heterocycles. The number of rotatable bonds is 4. The van der Waals surface area contributed by atoms with E-state index in [2.05, 4.69) is 9.97 Å². The molecule has 0 aliphatic carbocycles. The smallest absolute Gasteiger partial charge is 0.223 e. The third kappa shape index (κ3) is 3.08. The molecule has 1 aliphatic heterocycles. The number of carbonyl (C=O) groups excluding carboxylic acids is 1. The Morgan fingerprint density at radius 2 is 2.37 bits per heavy atom. The molecule has 6 nitrogen and oxygen atoms in total. The lowest BCUT2D eigenvalue weighted by Crippen LogP contribution is -2.50. The number of nitrogens with zero attached hydrogens (tertiary/aromatic N) is 3. The average molecular weight is 264 g/mol. The van der Waals surface area contributed by atoms with Gasteiger partial charge in [0.05, 0.1) is 18.3 Å². The molecular weight excluding hydrogens is 244 g/mol. The average Bonchev–Trinajstić information content (AvgIpc) is 2.39. The van der Waals surface area contributed by atoms with E-state index in [9.17, 15) is 4.79 Å². The maximum absolute atomic E-state index is 12.1. The largest absolute Gasteiger partial charge is 0.383 e. The molecule has 0 saturated carbocycles. The number of likely N-dealkylation sites (tertiary alicyclic amines) is 1. The molecule has 1 amide bonds. The fourth-order valence-corrected chi connectivity index (χ4v) is 2.45. The van der Waals surface area contributed by atoms with Crippen LogP contribution in [0.15, 0.2) is 12.3 Å². The van der Waals surface area contributed by atoms with Crippen molar-refractivity contribution in [3.63, 3.8) is 0 Å². The monoisotopic (exact) mass is 264 g/mol. The van der Waals surface area contributed by atoms with E-state index in [1.807, 2.05) is 13.0 Å². The van der Waals surface area contributed by atoms with Gasteiger partial charge in [0.15, 0.2) is 0 Å². The number of hydrogen-bond acceptors (Lipinski definition) is 5. The Morgan fingerprint density at radius 3 is 3.05 bits per heavy atom. The highest BCUT2D eigenvalue weighted by Gasteiger charge is 2.35. The van der Waals surface area contributed by atoms with E-state index >= 15 is 0 Å². The van der Waals surface area contributed by atoms with Crippen LogP contribution in [0.1, 0.15) is 30.4 Å². The van der Waals surface area contributed by atoms with Crippen LogP contribution in [0, 0.1) is 6.92 Å². The molecule has 104 valence electrons. The quantitative estimate of drug-likeness (QED) is 0.852. The molecule has 0 aromatic carbocycles. The molecule has 0 radical (unpaired) electrons. The second-order valence-corrected chi connectivity index (χ2v) is 4.76. The van der Waals surface area contributed by atoms with Crippen molar-refractivity contribution in [3.8, 4) is 0 Å². The molecule has 1 fully saturated rings. The van der Waals surface area contributed by atoms with Gasteiger partial charge in [-0.3, -0.25) is 4.79 Å². The first kappa shape index (κ1) is 13.9. The zero-order valence-corrected chi connectivity index (χ0v) is 11.4. The van der Waals surface area contributed by atoms with Gasteiger partial charge in [0, 0.05) is 32.3 Å². The van der Waals surface area contributed by atoms with Crippen molar-refractivity contribution in [2.75, 3.05) is 20.3 Å². The summed E-state index contributed by atoms with van der Waals surface area (Å²) in [6.45, 7) is 2.87. The molecule has 1 saturated heterocycles. The van der Waals surface area contributed by atoms with Crippen LogP contribution in [0.25, 0.3) is 0 Å². The lowest BCUT2D eigenvalue weighted by atomic mass is 9.93. The van der Waals surface area contributed by atoms with Crippen molar-refractivity contribution in [1.29, 1.82) is 0 Å². The number of piperidine rings is 1. The molecule has 0 bridgehead atoms. The molecule has 2 N–H and O–H groups in total. The highest BCUT2D eigenvalue weighted by molar-refractivity contribution is 5.77. The van der Waals surface area contributed by atoms with Gasteiger partial charge in [-0.05, 0) is 19.4 Å². The minimum absolute atomic E-state index is 0.0937. The van der Waals surface area contributed by atoms with Crippen molar-refractivity contribution in [2.24, 2.45) is 5.73 Å². The van der Waals surface area contributed by atoms with Crippen molar-refractivity contribution < 1.29 is 9.53 Å². The summed E-state index contributed by atoms with van der Waals surface area (Å²) >= 11 is 0. The third-order valence-corrected chi connectivity index (χ3v) is 3.39. The van der Waals surface area contributed by atoms with Gasteiger partial charge in [0.1, 0.15) is 5.82 Å². The number of nitrogens with two attached hydrogens (primary N) is 1. The molecule has 19 heavy (non-hydrogen) atoms. The van der Waals surface area contributed by atoms with Gasteiger partial charge in [-0.1, -0.05) is 0 Å². The van der Waals surface area contributed by atoms with Crippen LogP contribution in [0.4, 0.5) is 0 Å². The molecule has 0 spiro atoms. The van der Waals surface area contributed by atoms with Crippen molar-refractivity contribution in [1.82, 2.24) is 14.9 Å². The summed E-state index contributed by atoms with van der Waals surface area (Å²) in [5.41, 5.74) is 7.00. The van der Waals surface area contributed by atoms with Crippen LogP contribution < -0.4 is 5.73 Å². The van der Waals surface area contributed by atoms with E-state index in [1.165, 1.54) is 0 Å². The van der Waals surface area contributed by atoms with E-state index in [1.54, 1.807) is 18.2 Å². The fraction of sp³-hybridized carbons (Fsp3) is 0.615. The number of methoxy groups -OCH3 is 1. The molecule has 6 heteroatoms. The van der Waals surface area contributed by atoms with Crippen LogP contribution in [0.5, 0.6) is 0 Å². The van der Waals surface area contributed by atoms with Crippen LogP contribution in [0.3, 0.4) is 0 Å². The Balaban J connectivity index is 2.28. The highest BCUT2D eigenvalue weighted by Crippen LogP contribution is 2.29.